The van der Waals surface area contributed by atoms with Crippen LogP contribution < -0.4 is 9.47 Å². The maximum atomic E-state index is 13.1. The second kappa shape index (κ2) is 13.1. The fourth-order valence-corrected chi connectivity index (χ4v) is 6.14. The summed E-state index contributed by atoms with van der Waals surface area (Å²) in [7, 11) is 1.60. The third-order valence-electron chi connectivity index (χ3n) is 8.63. The minimum atomic E-state index is -4.63. The number of aromatic amines is 1. The number of benzene rings is 1. The first-order valence-corrected chi connectivity index (χ1v) is 15.7. The van der Waals surface area contributed by atoms with Crippen molar-refractivity contribution in [3.05, 3.63) is 76.6 Å². The number of ether oxygens (including phenoxy) is 3. The Morgan fingerprint density at radius 3 is 2.62 bits per heavy atom. The van der Waals surface area contributed by atoms with Crippen molar-refractivity contribution in [1.29, 1.82) is 0 Å². The van der Waals surface area contributed by atoms with Gasteiger partial charge < -0.3 is 23.8 Å². The molecule has 0 saturated carbocycles. The van der Waals surface area contributed by atoms with E-state index in [9.17, 15) is 13.2 Å². The van der Waals surface area contributed by atoms with E-state index in [0.717, 1.165) is 61.6 Å². The van der Waals surface area contributed by atoms with E-state index >= 15 is 0 Å². The SMILES string of the molecule is COc1cc(Cl)ccc1COc1cccc(C2CCN(Cc3nc4cc(-c5nnc(C(F)(F)F)[nH]5)ncc4n3C[C@@H]3CCO3)CC2)n1. The molecule has 4 aromatic heterocycles. The molecule has 1 N–H and O–H groups in total. The zero-order valence-corrected chi connectivity index (χ0v) is 26.3. The van der Waals surface area contributed by atoms with E-state index in [0.29, 0.717) is 41.9 Å². The Morgan fingerprint density at radius 2 is 1.89 bits per heavy atom. The number of imidazole rings is 1. The van der Waals surface area contributed by atoms with Gasteiger partial charge in [0.05, 0.1) is 43.5 Å². The highest BCUT2D eigenvalue weighted by molar-refractivity contribution is 6.30. The smallest absolute Gasteiger partial charge is 0.451 e. The van der Waals surface area contributed by atoms with Crippen LogP contribution in [0.5, 0.6) is 11.6 Å². The van der Waals surface area contributed by atoms with Crippen molar-refractivity contribution in [1.82, 2.24) is 39.6 Å². The van der Waals surface area contributed by atoms with Gasteiger partial charge in [-0.05, 0) is 56.6 Å². The van der Waals surface area contributed by atoms with Gasteiger partial charge in [0.1, 0.15) is 23.9 Å². The molecule has 15 heteroatoms. The topological polar surface area (TPSA) is 116 Å². The lowest BCUT2D eigenvalue weighted by Crippen LogP contribution is -2.35. The largest absolute Gasteiger partial charge is 0.496 e. The highest BCUT2D eigenvalue weighted by Gasteiger charge is 2.35. The number of piperidine rings is 1. The van der Waals surface area contributed by atoms with Crippen molar-refractivity contribution in [2.75, 3.05) is 26.8 Å². The number of nitrogens with zero attached hydrogens (tertiary/aromatic N) is 7. The van der Waals surface area contributed by atoms with Crippen LogP contribution in [0.2, 0.25) is 5.02 Å². The van der Waals surface area contributed by atoms with E-state index in [1.807, 2.05) is 24.3 Å². The molecule has 2 aliphatic rings. The number of likely N-dealkylation sites (tertiary alicyclic amines) is 1. The normalized spacial score (nSPS) is 17.6. The summed E-state index contributed by atoms with van der Waals surface area (Å²) >= 11 is 6.09. The van der Waals surface area contributed by atoms with Crippen LogP contribution >= 0.6 is 11.6 Å². The van der Waals surface area contributed by atoms with Gasteiger partial charge in [0.2, 0.25) is 11.7 Å². The number of nitrogens with one attached hydrogen (secondary N) is 1. The maximum Gasteiger partial charge on any atom is 0.451 e. The summed E-state index contributed by atoms with van der Waals surface area (Å²) in [5.41, 5.74) is 3.54. The van der Waals surface area contributed by atoms with E-state index in [1.54, 1.807) is 31.5 Å². The van der Waals surface area contributed by atoms with Gasteiger partial charge in [0, 0.05) is 34.9 Å². The molecular formula is C32H32ClF3N8O3. The molecule has 0 spiro atoms. The van der Waals surface area contributed by atoms with Crippen LogP contribution in [0, 0.1) is 0 Å². The third-order valence-corrected chi connectivity index (χ3v) is 8.87. The van der Waals surface area contributed by atoms with E-state index in [-0.39, 0.29) is 23.5 Å². The summed E-state index contributed by atoms with van der Waals surface area (Å²) in [4.78, 5) is 18.7. The van der Waals surface area contributed by atoms with Crippen LogP contribution in [-0.4, -0.2) is 72.5 Å². The minimum Gasteiger partial charge on any atom is -0.496 e. The molecule has 5 aromatic rings. The van der Waals surface area contributed by atoms with Crippen molar-refractivity contribution < 1.29 is 27.4 Å². The number of H-pyrrole nitrogens is 1. The highest BCUT2D eigenvalue weighted by Crippen LogP contribution is 2.32. The van der Waals surface area contributed by atoms with Crippen LogP contribution in [0.25, 0.3) is 22.6 Å². The molecule has 11 nitrogen and oxygen atoms in total. The quantitative estimate of drug-likeness (QED) is 0.190. The first-order chi connectivity index (χ1) is 22.7. The molecule has 2 fully saturated rings. The van der Waals surface area contributed by atoms with Crippen LogP contribution in [0.1, 0.15) is 48.1 Å². The summed E-state index contributed by atoms with van der Waals surface area (Å²) in [6.07, 6.45) is -0.109. The van der Waals surface area contributed by atoms with Crippen molar-refractivity contribution in [2.24, 2.45) is 0 Å². The standard InChI is InChI=1S/C32H32ClF3N8O3/c1-45-27-13-21(33)6-5-20(27)18-47-29-4-2-3-23(39-29)19-7-10-43(11-8-19)17-28-38-24-14-25(30-40-31(42-41-30)32(34,35)36)37-15-26(24)44(28)16-22-9-12-46-22/h2-6,13-15,19,22H,7-12,16-18H2,1H3,(H,40,41,42)/t22-/m0/s1. The van der Waals surface area contributed by atoms with Gasteiger partial charge in [0.25, 0.3) is 0 Å². The molecule has 1 aromatic carbocycles. The summed E-state index contributed by atoms with van der Waals surface area (Å²) < 4.78 is 58.5. The lowest BCUT2D eigenvalue weighted by Gasteiger charge is -2.32. The number of aromatic nitrogens is 7. The predicted molar refractivity (Wildman–Crippen MR) is 166 cm³/mol. The molecule has 47 heavy (non-hydrogen) atoms. The molecule has 7 rings (SSSR count). The Labute approximate surface area is 273 Å². The number of methoxy groups -OCH3 is 1. The summed E-state index contributed by atoms with van der Waals surface area (Å²) in [6.45, 7) is 3.98. The average Bonchev–Trinajstić information content (AvgIpc) is 3.68. The first-order valence-electron chi connectivity index (χ1n) is 15.3. The molecule has 0 radical (unpaired) electrons. The van der Waals surface area contributed by atoms with Gasteiger partial charge >= 0.3 is 6.18 Å². The van der Waals surface area contributed by atoms with E-state index in [2.05, 4.69) is 29.6 Å². The zero-order chi connectivity index (χ0) is 32.5. The molecule has 2 aliphatic heterocycles. The number of rotatable bonds is 10. The second-order valence-electron chi connectivity index (χ2n) is 11.7. The Hall–Kier alpha value is -4.27. The summed E-state index contributed by atoms with van der Waals surface area (Å²) in [6, 6.07) is 13.0. The van der Waals surface area contributed by atoms with Gasteiger partial charge in [-0.1, -0.05) is 23.7 Å². The molecule has 0 aliphatic carbocycles. The Morgan fingerprint density at radius 1 is 1.06 bits per heavy atom. The Balaban J connectivity index is 1.03. The Bertz CT molecular complexity index is 1870. The van der Waals surface area contributed by atoms with Crippen LogP contribution in [0.15, 0.2) is 48.7 Å². The van der Waals surface area contributed by atoms with Gasteiger partial charge in [-0.25, -0.2) is 9.97 Å². The van der Waals surface area contributed by atoms with E-state index in [1.165, 1.54) is 0 Å². The number of hydrogen-bond acceptors (Lipinski definition) is 9. The van der Waals surface area contributed by atoms with Gasteiger partial charge in [0.15, 0.2) is 5.82 Å². The number of pyridine rings is 2. The van der Waals surface area contributed by atoms with E-state index in [4.69, 9.17) is 35.8 Å². The lowest BCUT2D eigenvalue weighted by molar-refractivity contribution is -0.144. The van der Waals surface area contributed by atoms with Crippen molar-refractivity contribution in [3.8, 4) is 23.1 Å². The molecule has 0 unspecified atom stereocenters. The van der Waals surface area contributed by atoms with E-state index < -0.39 is 12.0 Å². The molecule has 0 bridgehead atoms. The molecule has 1 atom stereocenters. The molecule has 0 amide bonds. The van der Waals surface area contributed by atoms with Crippen LogP contribution in [0.3, 0.4) is 0 Å². The summed E-state index contributed by atoms with van der Waals surface area (Å²) in [5, 5.41) is 7.48. The summed E-state index contributed by atoms with van der Waals surface area (Å²) in [5.74, 6) is 1.14. The number of halogens is 4. The van der Waals surface area contributed by atoms with Crippen LogP contribution in [-0.2, 0) is 30.6 Å². The minimum absolute atomic E-state index is 0.0625. The van der Waals surface area contributed by atoms with Crippen molar-refractivity contribution in [3.63, 3.8) is 0 Å². The first kappa shape index (κ1) is 31.3. The fourth-order valence-electron chi connectivity index (χ4n) is 5.98. The number of fused-ring (bicyclic) bond motifs is 1. The monoisotopic (exact) mass is 668 g/mol. The highest BCUT2D eigenvalue weighted by atomic mass is 35.5. The number of alkyl halides is 3. The lowest BCUT2D eigenvalue weighted by atomic mass is 9.93. The number of hydrogen-bond donors (Lipinski definition) is 1. The molecule has 246 valence electrons. The predicted octanol–water partition coefficient (Wildman–Crippen LogP) is 6.04. The molecule has 2 saturated heterocycles. The van der Waals surface area contributed by atoms with Crippen molar-refractivity contribution >= 4 is 22.6 Å². The zero-order valence-electron chi connectivity index (χ0n) is 25.5. The van der Waals surface area contributed by atoms with Gasteiger partial charge in [-0.15, -0.1) is 10.2 Å². The second-order valence-corrected chi connectivity index (χ2v) is 12.1. The average molecular weight is 669 g/mol. The fraction of sp³-hybridized carbons (Fsp3) is 0.406. The maximum absolute atomic E-state index is 13.1. The van der Waals surface area contributed by atoms with Gasteiger partial charge in [-0.3, -0.25) is 9.88 Å². The molecule has 6 heterocycles. The molecular weight excluding hydrogens is 637 g/mol. The van der Waals surface area contributed by atoms with Crippen molar-refractivity contribution in [2.45, 2.75) is 57.2 Å². The third kappa shape index (κ3) is 6.90. The Kier molecular flexibility index (Phi) is 8.73. The van der Waals surface area contributed by atoms with Gasteiger partial charge in [-0.2, -0.15) is 13.2 Å². The van der Waals surface area contributed by atoms with Crippen LogP contribution in [0.4, 0.5) is 13.2 Å².